The van der Waals surface area contributed by atoms with Crippen molar-refractivity contribution in [2.45, 2.75) is 32.9 Å². The summed E-state index contributed by atoms with van der Waals surface area (Å²) in [6.07, 6.45) is 3.50. The summed E-state index contributed by atoms with van der Waals surface area (Å²) in [6.45, 7) is 5.92. The SMILES string of the molecule is CCNC(=NCc1ccc(Cn2cnc3ccccc32)cc1)N1CCC(C(=O)OC)CC1.I. The summed E-state index contributed by atoms with van der Waals surface area (Å²) in [5, 5.41) is 3.39. The van der Waals surface area contributed by atoms with Gasteiger partial charge in [0.15, 0.2) is 5.96 Å². The number of guanidine groups is 1. The number of hydrogen-bond donors (Lipinski definition) is 1. The number of hydrogen-bond acceptors (Lipinski definition) is 4. The number of halogens is 1. The van der Waals surface area contributed by atoms with E-state index in [9.17, 15) is 4.79 Å². The summed E-state index contributed by atoms with van der Waals surface area (Å²) in [6, 6.07) is 16.8. The van der Waals surface area contributed by atoms with Crippen molar-refractivity contribution in [2.24, 2.45) is 10.9 Å². The number of methoxy groups -OCH3 is 1. The topological polar surface area (TPSA) is 71.8 Å². The number of aromatic nitrogens is 2. The van der Waals surface area contributed by atoms with Crippen molar-refractivity contribution < 1.29 is 9.53 Å². The fourth-order valence-electron chi connectivity index (χ4n) is 4.17. The second-order valence-corrected chi connectivity index (χ2v) is 8.13. The van der Waals surface area contributed by atoms with Crippen LogP contribution in [-0.4, -0.2) is 53.1 Å². The molecule has 176 valence electrons. The summed E-state index contributed by atoms with van der Waals surface area (Å²) in [7, 11) is 1.46. The van der Waals surface area contributed by atoms with Gasteiger partial charge in [-0.15, -0.1) is 24.0 Å². The van der Waals surface area contributed by atoms with Gasteiger partial charge in [0, 0.05) is 26.2 Å². The van der Waals surface area contributed by atoms with Gasteiger partial charge < -0.3 is 19.5 Å². The summed E-state index contributed by atoms with van der Waals surface area (Å²) in [4.78, 5) is 23.3. The molecule has 33 heavy (non-hydrogen) atoms. The van der Waals surface area contributed by atoms with Crippen LogP contribution in [-0.2, 0) is 22.6 Å². The molecule has 4 rings (SSSR count). The molecule has 1 fully saturated rings. The van der Waals surface area contributed by atoms with Crippen LogP contribution >= 0.6 is 24.0 Å². The van der Waals surface area contributed by atoms with E-state index in [0.717, 1.165) is 56.0 Å². The Morgan fingerprint density at radius 1 is 1.12 bits per heavy atom. The fourth-order valence-corrected chi connectivity index (χ4v) is 4.17. The number of carbonyl (C=O) groups is 1. The van der Waals surface area contributed by atoms with Gasteiger partial charge >= 0.3 is 5.97 Å². The minimum atomic E-state index is -0.102. The third-order valence-electron chi connectivity index (χ3n) is 5.98. The number of nitrogens with one attached hydrogen (secondary N) is 1. The lowest BCUT2D eigenvalue weighted by atomic mass is 9.97. The molecule has 0 aliphatic carbocycles. The minimum absolute atomic E-state index is 0. The van der Waals surface area contributed by atoms with Gasteiger partial charge in [-0.1, -0.05) is 36.4 Å². The molecule has 0 unspecified atom stereocenters. The second-order valence-electron chi connectivity index (χ2n) is 8.13. The van der Waals surface area contributed by atoms with Gasteiger partial charge in [-0.25, -0.2) is 9.98 Å². The van der Waals surface area contributed by atoms with E-state index >= 15 is 0 Å². The quantitative estimate of drug-likeness (QED) is 0.213. The molecule has 0 saturated carbocycles. The molecule has 2 heterocycles. The number of para-hydroxylation sites is 2. The molecule has 1 aromatic heterocycles. The summed E-state index contributed by atoms with van der Waals surface area (Å²) < 4.78 is 7.06. The van der Waals surface area contributed by atoms with Gasteiger partial charge in [0.05, 0.1) is 36.9 Å². The first-order valence-electron chi connectivity index (χ1n) is 11.3. The highest BCUT2D eigenvalue weighted by atomic mass is 127. The lowest BCUT2D eigenvalue weighted by Gasteiger charge is -2.33. The highest BCUT2D eigenvalue weighted by molar-refractivity contribution is 14.0. The number of aliphatic imine (C=N–C) groups is 1. The van der Waals surface area contributed by atoms with Gasteiger partial charge in [0.1, 0.15) is 0 Å². The fraction of sp³-hybridized carbons (Fsp3) is 0.400. The van der Waals surface area contributed by atoms with Gasteiger partial charge in [-0.05, 0) is 43.0 Å². The number of nitrogens with zero attached hydrogens (tertiary/aromatic N) is 4. The maximum absolute atomic E-state index is 11.8. The van der Waals surface area contributed by atoms with Crippen LogP contribution in [0.2, 0.25) is 0 Å². The zero-order valence-corrected chi connectivity index (χ0v) is 21.6. The largest absolute Gasteiger partial charge is 0.469 e. The predicted molar refractivity (Wildman–Crippen MR) is 142 cm³/mol. The molecule has 1 saturated heterocycles. The maximum Gasteiger partial charge on any atom is 0.308 e. The maximum atomic E-state index is 11.8. The Bertz CT molecular complexity index is 1070. The smallest absolute Gasteiger partial charge is 0.308 e. The van der Waals surface area contributed by atoms with Gasteiger partial charge in [-0.3, -0.25) is 4.79 Å². The lowest BCUT2D eigenvalue weighted by Crippen LogP contribution is -2.46. The van der Waals surface area contributed by atoms with Crippen LogP contribution in [0.3, 0.4) is 0 Å². The number of imidazole rings is 1. The van der Waals surface area contributed by atoms with Crippen LogP contribution in [0.25, 0.3) is 11.0 Å². The molecule has 1 aliphatic heterocycles. The van der Waals surface area contributed by atoms with E-state index in [1.54, 1.807) is 0 Å². The van der Waals surface area contributed by atoms with Crippen LogP contribution in [0.15, 0.2) is 59.9 Å². The molecular formula is C25H32IN5O2. The Hall–Kier alpha value is -2.62. The summed E-state index contributed by atoms with van der Waals surface area (Å²) in [5.41, 5.74) is 4.57. The second kappa shape index (κ2) is 12.0. The Morgan fingerprint density at radius 3 is 2.52 bits per heavy atom. The number of rotatable bonds is 6. The van der Waals surface area contributed by atoms with Crippen LogP contribution < -0.4 is 5.32 Å². The van der Waals surface area contributed by atoms with Crippen LogP contribution in [0.5, 0.6) is 0 Å². The summed E-state index contributed by atoms with van der Waals surface area (Å²) >= 11 is 0. The van der Waals surface area contributed by atoms with E-state index in [1.165, 1.54) is 18.2 Å². The minimum Gasteiger partial charge on any atom is -0.469 e. The van der Waals surface area contributed by atoms with E-state index in [-0.39, 0.29) is 35.9 Å². The van der Waals surface area contributed by atoms with Crippen molar-refractivity contribution in [1.29, 1.82) is 0 Å². The first-order chi connectivity index (χ1) is 15.7. The van der Waals surface area contributed by atoms with Crippen molar-refractivity contribution in [3.8, 4) is 0 Å². The molecule has 0 amide bonds. The first kappa shape index (κ1) is 25.0. The molecule has 0 atom stereocenters. The average molecular weight is 561 g/mol. The number of benzene rings is 2. The predicted octanol–water partition coefficient (Wildman–Crippen LogP) is 4.05. The van der Waals surface area contributed by atoms with Crippen LogP contribution in [0.1, 0.15) is 30.9 Å². The van der Waals surface area contributed by atoms with Gasteiger partial charge in [0.25, 0.3) is 0 Å². The van der Waals surface area contributed by atoms with Crippen LogP contribution in [0, 0.1) is 5.92 Å². The van der Waals surface area contributed by atoms with E-state index in [2.05, 4.69) is 57.0 Å². The third kappa shape index (κ3) is 6.25. The molecule has 0 bridgehead atoms. The normalized spacial score (nSPS) is 14.7. The zero-order chi connectivity index (χ0) is 22.3. The number of esters is 1. The average Bonchev–Trinajstić information content (AvgIpc) is 3.25. The Balaban J connectivity index is 0.00000306. The van der Waals surface area contributed by atoms with Crippen molar-refractivity contribution in [3.05, 3.63) is 66.0 Å². The molecule has 1 aliphatic rings. The number of fused-ring (bicyclic) bond motifs is 1. The monoisotopic (exact) mass is 561 g/mol. The van der Waals surface area contributed by atoms with E-state index in [1.807, 2.05) is 24.5 Å². The Labute approximate surface area is 212 Å². The van der Waals surface area contributed by atoms with Crippen molar-refractivity contribution in [1.82, 2.24) is 19.8 Å². The van der Waals surface area contributed by atoms with Gasteiger partial charge in [-0.2, -0.15) is 0 Å². The van der Waals surface area contributed by atoms with E-state index in [4.69, 9.17) is 9.73 Å². The standard InChI is InChI=1S/C25H31N5O2.HI/c1-3-26-25(29-14-12-21(13-15-29)24(31)32-2)27-16-19-8-10-20(11-9-19)17-30-18-28-22-6-4-5-7-23(22)30;/h4-11,18,21H,3,12-17H2,1-2H3,(H,26,27);1H. The van der Waals surface area contributed by atoms with E-state index in [0.29, 0.717) is 6.54 Å². The van der Waals surface area contributed by atoms with Crippen molar-refractivity contribution in [3.63, 3.8) is 0 Å². The highest BCUT2D eigenvalue weighted by Gasteiger charge is 2.26. The molecule has 7 nitrogen and oxygen atoms in total. The van der Waals surface area contributed by atoms with Crippen molar-refractivity contribution >= 4 is 46.9 Å². The number of ether oxygens (including phenoxy) is 1. The van der Waals surface area contributed by atoms with E-state index < -0.39 is 0 Å². The zero-order valence-electron chi connectivity index (χ0n) is 19.2. The summed E-state index contributed by atoms with van der Waals surface area (Å²) in [5.74, 6) is 0.805. The third-order valence-corrected chi connectivity index (χ3v) is 5.98. The number of likely N-dealkylation sites (tertiary alicyclic amines) is 1. The molecule has 0 radical (unpaired) electrons. The number of carbonyl (C=O) groups excluding carboxylic acids is 1. The molecule has 0 spiro atoms. The first-order valence-corrected chi connectivity index (χ1v) is 11.3. The Morgan fingerprint density at radius 2 is 1.82 bits per heavy atom. The molecule has 1 N–H and O–H groups in total. The molecule has 2 aromatic carbocycles. The number of piperidine rings is 1. The molecule has 3 aromatic rings. The Kier molecular flexibility index (Phi) is 9.11. The molecule has 8 heteroatoms. The van der Waals surface area contributed by atoms with Gasteiger partial charge in [0.2, 0.25) is 0 Å². The molecular weight excluding hydrogens is 529 g/mol. The van der Waals surface area contributed by atoms with Crippen molar-refractivity contribution in [2.75, 3.05) is 26.7 Å². The van der Waals surface area contributed by atoms with Crippen LogP contribution in [0.4, 0.5) is 0 Å². The highest BCUT2D eigenvalue weighted by Crippen LogP contribution is 2.19. The lowest BCUT2D eigenvalue weighted by molar-refractivity contribution is -0.146.